The molecule has 5 aromatic rings. The number of fused-ring (bicyclic) bond motifs is 2. The fraction of sp³-hybridized carbons (Fsp3) is 0.326. The molecule has 3 aliphatic rings. The number of amides is 2. The van der Waals surface area contributed by atoms with Crippen LogP contribution in [0.5, 0.6) is 11.5 Å². The van der Waals surface area contributed by atoms with E-state index in [1.165, 1.54) is 17.7 Å². The molecule has 3 aromatic carbocycles. The van der Waals surface area contributed by atoms with Gasteiger partial charge in [-0.1, -0.05) is 24.3 Å². The Kier molecular flexibility index (Phi) is 11.0. The normalized spacial score (nSPS) is 16.6. The maximum atomic E-state index is 15.1. The van der Waals surface area contributed by atoms with Crippen LogP contribution in [-0.4, -0.2) is 81.5 Å². The van der Waals surface area contributed by atoms with E-state index in [0.29, 0.717) is 77.3 Å². The van der Waals surface area contributed by atoms with Crippen LogP contribution in [-0.2, 0) is 43.1 Å². The Morgan fingerprint density at radius 1 is 0.893 bits per heavy atom. The van der Waals surface area contributed by atoms with Crippen LogP contribution in [0.1, 0.15) is 54.5 Å². The fourth-order valence-corrected chi connectivity index (χ4v) is 8.02. The second kappa shape index (κ2) is 15.9. The summed E-state index contributed by atoms with van der Waals surface area (Å²) in [6.07, 6.45) is 0.741. The number of nitriles is 1. The number of benzene rings is 3. The van der Waals surface area contributed by atoms with E-state index in [9.17, 15) is 15.2 Å². The van der Waals surface area contributed by atoms with Crippen molar-refractivity contribution in [1.82, 2.24) is 18.9 Å². The number of halogens is 1. The number of ether oxygens (including phenoxy) is 3. The molecule has 0 unspecified atom stereocenters. The number of nitrogens with zero attached hydrogens (tertiary/aromatic N) is 6. The molecule has 5 heterocycles. The number of phenols is 1. The average molecular weight is 777 g/mol. The highest BCUT2D eigenvalue weighted by Crippen LogP contribution is 2.39. The molecule has 0 saturated carbocycles. The molecule has 2 aromatic heterocycles. The van der Waals surface area contributed by atoms with E-state index in [2.05, 4.69) is 29.2 Å². The van der Waals surface area contributed by atoms with Crippen molar-refractivity contribution >= 4 is 35.6 Å². The summed E-state index contributed by atoms with van der Waals surface area (Å²) in [4.78, 5) is 36.0. The first-order valence-electron chi connectivity index (χ1n) is 18.5. The lowest BCUT2D eigenvalue weighted by Gasteiger charge is -2.40. The van der Waals surface area contributed by atoms with Crippen molar-refractivity contribution < 1.29 is 28.9 Å². The number of anilines is 2. The summed E-state index contributed by atoms with van der Waals surface area (Å²) in [6.45, 7) is 8.36. The Bertz CT molecular complexity index is 2340. The van der Waals surface area contributed by atoms with Gasteiger partial charge in [0, 0.05) is 80.2 Å². The molecule has 1 saturated heterocycles. The molecule has 0 spiro atoms. The van der Waals surface area contributed by atoms with Crippen LogP contribution in [0.2, 0.25) is 0 Å². The largest absolute Gasteiger partial charge is 0.508 e. The minimum absolute atomic E-state index is 0. The van der Waals surface area contributed by atoms with Crippen molar-refractivity contribution in [3.8, 4) is 28.8 Å². The zero-order valence-corrected chi connectivity index (χ0v) is 32.8. The SMILES string of the molecule is Cc1c(N(C(=O)c2cc(-c3cc4c(cc3C(=O)N3Cc5ccccc5C[C@H]3CN3CCOCC3)OCOC4)n(C)c2C)c2ccc(O)cc2)cc(C#N)n1C.Cl. The fourth-order valence-electron chi connectivity index (χ4n) is 8.02. The highest BCUT2D eigenvalue weighted by Gasteiger charge is 2.35. The van der Waals surface area contributed by atoms with Gasteiger partial charge >= 0.3 is 0 Å². The van der Waals surface area contributed by atoms with Gasteiger partial charge in [-0.3, -0.25) is 19.4 Å². The number of phenolic OH excluding ortho intramolecular Hbond substituents is 1. The third-order valence-corrected chi connectivity index (χ3v) is 11.4. The average Bonchev–Trinajstić information content (AvgIpc) is 3.67. The summed E-state index contributed by atoms with van der Waals surface area (Å²) < 4.78 is 20.9. The number of morpholine rings is 1. The van der Waals surface area contributed by atoms with Gasteiger partial charge in [0.05, 0.1) is 36.6 Å². The number of rotatable bonds is 7. The third-order valence-electron chi connectivity index (χ3n) is 11.4. The third kappa shape index (κ3) is 7.03. The smallest absolute Gasteiger partial charge is 0.264 e. The van der Waals surface area contributed by atoms with Crippen molar-refractivity contribution in [2.45, 2.75) is 39.5 Å². The van der Waals surface area contributed by atoms with Crippen LogP contribution in [0.3, 0.4) is 0 Å². The molecule has 0 bridgehead atoms. The molecule has 12 nitrogen and oxygen atoms in total. The van der Waals surface area contributed by atoms with Crippen LogP contribution in [0, 0.1) is 25.2 Å². The molecule has 290 valence electrons. The Morgan fingerprint density at radius 3 is 2.34 bits per heavy atom. The van der Waals surface area contributed by atoms with Crippen LogP contribution in [0.25, 0.3) is 11.3 Å². The van der Waals surface area contributed by atoms with E-state index < -0.39 is 0 Å². The predicted octanol–water partition coefficient (Wildman–Crippen LogP) is 6.39. The highest BCUT2D eigenvalue weighted by atomic mass is 35.5. The van der Waals surface area contributed by atoms with Gasteiger partial charge < -0.3 is 33.4 Å². The monoisotopic (exact) mass is 776 g/mol. The molecular weight excluding hydrogens is 732 g/mol. The van der Waals surface area contributed by atoms with E-state index in [4.69, 9.17) is 14.2 Å². The molecule has 0 radical (unpaired) electrons. The van der Waals surface area contributed by atoms with Gasteiger partial charge in [0.15, 0.2) is 6.79 Å². The molecule has 2 amide bonds. The molecule has 0 aliphatic carbocycles. The summed E-state index contributed by atoms with van der Waals surface area (Å²) in [5, 5.41) is 19.9. The topological polar surface area (TPSA) is 125 Å². The van der Waals surface area contributed by atoms with E-state index in [-0.39, 0.29) is 42.8 Å². The number of aromatic nitrogens is 2. The maximum absolute atomic E-state index is 15.1. The van der Waals surface area contributed by atoms with Gasteiger partial charge in [-0.25, -0.2) is 0 Å². The summed E-state index contributed by atoms with van der Waals surface area (Å²) in [5.41, 5.74) is 8.37. The lowest BCUT2D eigenvalue weighted by molar-refractivity contribution is -0.0164. The van der Waals surface area contributed by atoms with Gasteiger partial charge in [0.1, 0.15) is 23.3 Å². The Balaban J connectivity index is 0.00000480. The van der Waals surface area contributed by atoms with Crippen LogP contribution >= 0.6 is 12.4 Å². The molecule has 13 heteroatoms. The van der Waals surface area contributed by atoms with Crippen LogP contribution in [0.15, 0.2) is 72.8 Å². The number of hydrogen-bond acceptors (Lipinski definition) is 8. The molecule has 8 rings (SSSR count). The Hall–Kier alpha value is -5.58. The predicted molar refractivity (Wildman–Crippen MR) is 214 cm³/mol. The van der Waals surface area contributed by atoms with Crippen molar-refractivity contribution in [3.05, 3.63) is 118 Å². The zero-order valence-electron chi connectivity index (χ0n) is 31.9. The minimum Gasteiger partial charge on any atom is -0.508 e. The summed E-state index contributed by atoms with van der Waals surface area (Å²) in [7, 11) is 3.68. The Morgan fingerprint density at radius 2 is 1.62 bits per heavy atom. The second-order valence-electron chi connectivity index (χ2n) is 14.5. The number of carbonyl (C=O) groups excluding carboxylic acids is 2. The first-order valence-corrected chi connectivity index (χ1v) is 18.5. The van der Waals surface area contributed by atoms with E-state index >= 15 is 4.79 Å². The molecule has 1 fully saturated rings. The minimum atomic E-state index is -0.320. The van der Waals surface area contributed by atoms with Gasteiger partial charge in [-0.2, -0.15) is 5.26 Å². The molecule has 3 aliphatic heterocycles. The molecule has 56 heavy (non-hydrogen) atoms. The van der Waals surface area contributed by atoms with Gasteiger partial charge in [0.25, 0.3) is 11.8 Å². The first kappa shape index (κ1) is 38.7. The second-order valence-corrected chi connectivity index (χ2v) is 14.5. The zero-order chi connectivity index (χ0) is 38.4. The van der Waals surface area contributed by atoms with Crippen molar-refractivity contribution in [2.24, 2.45) is 14.1 Å². The molecule has 1 N–H and O–H groups in total. The van der Waals surface area contributed by atoms with E-state index in [0.717, 1.165) is 42.9 Å². The van der Waals surface area contributed by atoms with Crippen molar-refractivity contribution in [1.29, 1.82) is 5.26 Å². The van der Waals surface area contributed by atoms with Crippen molar-refractivity contribution in [2.75, 3.05) is 44.5 Å². The maximum Gasteiger partial charge on any atom is 0.264 e. The molecule has 1 atom stereocenters. The summed E-state index contributed by atoms with van der Waals surface area (Å²) >= 11 is 0. The van der Waals surface area contributed by atoms with E-state index in [1.807, 2.05) is 54.6 Å². The van der Waals surface area contributed by atoms with Gasteiger partial charge in [-0.05, 0) is 79.9 Å². The van der Waals surface area contributed by atoms with Crippen LogP contribution in [0.4, 0.5) is 11.4 Å². The Labute approximate surface area is 332 Å². The van der Waals surface area contributed by atoms with Gasteiger partial charge in [-0.15, -0.1) is 12.4 Å². The number of carbonyl (C=O) groups is 2. The van der Waals surface area contributed by atoms with Gasteiger partial charge in [0.2, 0.25) is 0 Å². The lowest BCUT2D eigenvalue weighted by Crippen LogP contribution is -2.52. The summed E-state index contributed by atoms with van der Waals surface area (Å²) in [5.74, 6) is 0.244. The van der Waals surface area contributed by atoms with E-state index in [1.54, 1.807) is 34.7 Å². The standard InChI is InChI=1S/C43H44N6O6.ClH/c1-27-36(43(52)49(32-9-11-35(50)12-10-32)39-19-33(22-44)45(3)28(39)2)20-40(46(27)4)37-18-31-25-54-26-55-41(31)21-38(37)42(51)48-23-30-8-6-5-7-29(30)17-34(48)24-47-13-15-53-16-14-47;/h5-12,18-21,34,50H,13-17,23-26H2,1-4H3;1H/t34-;/m0./s1. The highest BCUT2D eigenvalue weighted by molar-refractivity contribution is 6.13. The van der Waals surface area contributed by atoms with Crippen molar-refractivity contribution in [3.63, 3.8) is 0 Å². The molecular formula is C43H45ClN6O6. The lowest BCUT2D eigenvalue weighted by atomic mass is 9.91. The van der Waals surface area contributed by atoms with Crippen LogP contribution < -0.4 is 9.64 Å². The quantitative estimate of drug-likeness (QED) is 0.202. The first-order chi connectivity index (χ1) is 26.6. The number of aromatic hydroxyl groups is 1. The summed E-state index contributed by atoms with van der Waals surface area (Å²) in [6, 6.07) is 24.2. The number of hydrogen-bond donors (Lipinski definition) is 1.